The first-order chi connectivity index (χ1) is 8.06. The number of aromatic nitrogens is 1. The number of alkyl halides is 6. The zero-order valence-corrected chi connectivity index (χ0v) is 8.23. The second-order valence-corrected chi connectivity index (χ2v) is 2.97. The summed E-state index contributed by atoms with van der Waals surface area (Å²) >= 11 is 0. The van der Waals surface area contributed by atoms with Gasteiger partial charge in [-0.2, -0.15) is 13.2 Å². The van der Waals surface area contributed by atoms with E-state index < -0.39 is 42.0 Å². The van der Waals surface area contributed by atoms with Crippen LogP contribution in [0.2, 0.25) is 0 Å². The third kappa shape index (κ3) is 3.22. The molecular weight excluding hydrogens is 275 g/mol. The van der Waals surface area contributed by atoms with Crippen LogP contribution in [0.3, 0.4) is 0 Å². The Morgan fingerprint density at radius 1 is 1.17 bits per heavy atom. The van der Waals surface area contributed by atoms with E-state index >= 15 is 0 Å². The van der Waals surface area contributed by atoms with Gasteiger partial charge in [0.15, 0.2) is 17.3 Å². The van der Waals surface area contributed by atoms with E-state index in [2.05, 4.69) is 9.72 Å². The average Bonchev–Trinajstić information content (AvgIpc) is 2.17. The smallest absolute Gasteiger partial charge is 0.402 e. The molecule has 0 aliphatic carbocycles. The van der Waals surface area contributed by atoms with Crippen molar-refractivity contribution in [2.24, 2.45) is 0 Å². The van der Waals surface area contributed by atoms with E-state index in [0.29, 0.717) is 0 Å². The first kappa shape index (κ1) is 14.5. The molecule has 1 rings (SSSR count). The quantitative estimate of drug-likeness (QED) is 0.846. The lowest BCUT2D eigenvalue weighted by Gasteiger charge is -2.16. The fourth-order valence-electron chi connectivity index (χ4n) is 1.13. The molecule has 0 aliphatic rings. The van der Waals surface area contributed by atoms with Crippen molar-refractivity contribution in [3.05, 3.63) is 23.3 Å². The van der Waals surface area contributed by atoms with Gasteiger partial charge in [-0.1, -0.05) is 0 Å². The number of rotatable bonds is 2. The zero-order chi connectivity index (χ0) is 14.1. The first-order valence-corrected chi connectivity index (χ1v) is 4.17. The number of hydrogen-bond donors (Lipinski definition) is 1. The molecule has 0 fully saturated rings. The number of ether oxygens (including phenoxy) is 1. The van der Waals surface area contributed by atoms with E-state index in [1.807, 2.05) is 0 Å². The van der Waals surface area contributed by atoms with Gasteiger partial charge >= 0.3 is 12.5 Å². The highest BCUT2D eigenvalue weighted by molar-refractivity contribution is 5.38. The Hall–Kier alpha value is -1.58. The van der Waals surface area contributed by atoms with Gasteiger partial charge in [-0.15, -0.1) is 13.2 Å². The van der Waals surface area contributed by atoms with Crippen LogP contribution in [0, 0.1) is 5.82 Å². The number of pyridine rings is 1. The van der Waals surface area contributed by atoms with Crippen molar-refractivity contribution in [1.82, 2.24) is 4.98 Å². The fraction of sp³-hybridized carbons (Fsp3) is 0.375. The molecule has 0 bridgehead atoms. The number of halogens is 7. The van der Waals surface area contributed by atoms with Crippen molar-refractivity contribution < 1.29 is 40.6 Å². The van der Waals surface area contributed by atoms with Gasteiger partial charge in [0.2, 0.25) is 0 Å². The highest BCUT2D eigenvalue weighted by Crippen LogP contribution is 2.37. The Morgan fingerprint density at radius 3 is 2.11 bits per heavy atom. The predicted molar refractivity (Wildman–Crippen MR) is 41.8 cm³/mol. The molecule has 0 spiro atoms. The van der Waals surface area contributed by atoms with Crippen LogP contribution >= 0.6 is 0 Å². The molecule has 1 heterocycles. The maximum Gasteiger partial charge on any atom is 0.573 e. The largest absolute Gasteiger partial charge is 0.573 e. The minimum absolute atomic E-state index is 0.0664. The van der Waals surface area contributed by atoms with Gasteiger partial charge in [0.1, 0.15) is 0 Å². The van der Waals surface area contributed by atoms with Gasteiger partial charge < -0.3 is 9.84 Å². The van der Waals surface area contributed by atoms with Gasteiger partial charge in [0.05, 0.1) is 18.4 Å². The van der Waals surface area contributed by atoms with Crippen LogP contribution in [-0.4, -0.2) is 16.5 Å². The molecular formula is C8H4F7NO2. The third-order valence-corrected chi connectivity index (χ3v) is 1.73. The molecule has 0 unspecified atom stereocenters. The molecule has 1 aromatic heterocycles. The molecule has 0 radical (unpaired) electrons. The lowest BCUT2D eigenvalue weighted by molar-refractivity contribution is -0.276. The number of aliphatic hydroxyl groups excluding tert-OH is 1. The molecule has 0 aliphatic heterocycles. The summed E-state index contributed by atoms with van der Waals surface area (Å²) in [5.41, 5.74) is -3.26. The molecule has 0 aromatic carbocycles. The Balaban J connectivity index is 3.40. The van der Waals surface area contributed by atoms with Crippen LogP contribution < -0.4 is 4.74 Å². The van der Waals surface area contributed by atoms with Crippen molar-refractivity contribution in [3.63, 3.8) is 0 Å². The van der Waals surface area contributed by atoms with E-state index in [1.54, 1.807) is 0 Å². The zero-order valence-electron chi connectivity index (χ0n) is 8.23. The Morgan fingerprint density at radius 2 is 1.72 bits per heavy atom. The SMILES string of the molecule is OCc1c(C(F)(F)F)ncc(F)c1OC(F)(F)F. The summed E-state index contributed by atoms with van der Waals surface area (Å²) in [5, 5.41) is 8.63. The molecule has 0 atom stereocenters. The van der Waals surface area contributed by atoms with Crippen LogP contribution in [0.15, 0.2) is 6.20 Å². The van der Waals surface area contributed by atoms with Gasteiger partial charge in [-0.3, -0.25) is 0 Å². The van der Waals surface area contributed by atoms with Crippen molar-refractivity contribution in [1.29, 1.82) is 0 Å². The summed E-state index contributed by atoms with van der Waals surface area (Å²) < 4.78 is 88.8. The molecule has 1 N–H and O–H groups in total. The van der Waals surface area contributed by atoms with Gasteiger partial charge in [-0.05, 0) is 0 Å². The van der Waals surface area contributed by atoms with Crippen molar-refractivity contribution >= 4 is 0 Å². The Labute approximate surface area is 94.8 Å². The number of aliphatic hydroxyl groups is 1. The number of hydrogen-bond acceptors (Lipinski definition) is 3. The van der Waals surface area contributed by atoms with Gasteiger partial charge in [0.25, 0.3) is 0 Å². The van der Waals surface area contributed by atoms with Gasteiger partial charge in [-0.25, -0.2) is 9.37 Å². The highest BCUT2D eigenvalue weighted by atomic mass is 19.4. The minimum Gasteiger partial charge on any atom is -0.402 e. The monoisotopic (exact) mass is 279 g/mol. The van der Waals surface area contributed by atoms with Crippen molar-refractivity contribution in [3.8, 4) is 5.75 Å². The van der Waals surface area contributed by atoms with E-state index in [-0.39, 0.29) is 6.20 Å². The molecule has 0 saturated carbocycles. The Bertz CT molecular complexity index is 440. The summed E-state index contributed by atoms with van der Waals surface area (Å²) in [6.45, 7) is -1.51. The standard InChI is InChI=1S/C8H4F7NO2/c9-4-1-16-6(7(10,11)12)3(2-17)5(4)18-8(13,14)15/h1,17H,2H2. The highest BCUT2D eigenvalue weighted by Gasteiger charge is 2.40. The van der Waals surface area contributed by atoms with Crippen LogP contribution in [-0.2, 0) is 12.8 Å². The molecule has 10 heteroatoms. The van der Waals surface area contributed by atoms with Crippen LogP contribution in [0.4, 0.5) is 30.7 Å². The van der Waals surface area contributed by atoms with E-state index in [4.69, 9.17) is 5.11 Å². The lowest BCUT2D eigenvalue weighted by Crippen LogP contribution is -2.21. The summed E-state index contributed by atoms with van der Waals surface area (Å²) in [7, 11) is 0. The van der Waals surface area contributed by atoms with Crippen LogP contribution in [0.1, 0.15) is 11.3 Å². The fourth-order valence-corrected chi connectivity index (χ4v) is 1.13. The second-order valence-electron chi connectivity index (χ2n) is 2.97. The van der Waals surface area contributed by atoms with Crippen LogP contribution in [0.5, 0.6) is 5.75 Å². The normalized spacial score (nSPS) is 12.7. The van der Waals surface area contributed by atoms with E-state index in [9.17, 15) is 30.7 Å². The minimum atomic E-state index is -5.39. The maximum absolute atomic E-state index is 13.0. The summed E-state index contributed by atoms with van der Waals surface area (Å²) in [4.78, 5) is 2.60. The molecule has 18 heavy (non-hydrogen) atoms. The predicted octanol–water partition coefficient (Wildman–Crippen LogP) is 2.63. The Kier molecular flexibility index (Phi) is 3.70. The second kappa shape index (κ2) is 4.59. The molecule has 0 amide bonds. The lowest BCUT2D eigenvalue weighted by atomic mass is 10.1. The topological polar surface area (TPSA) is 42.4 Å². The molecule has 0 saturated heterocycles. The average molecular weight is 279 g/mol. The maximum atomic E-state index is 13.0. The molecule has 3 nitrogen and oxygen atoms in total. The molecule has 1 aromatic rings. The van der Waals surface area contributed by atoms with Crippen molar-refractivity contribution in [2.75, 3.05) is 0 Å². The van der Waals surface area contributed by atoms with Crippen LogP contribution in [0.25, 0.3) is 0 Å². The van der Waals surface area contributed by atoms with E-state index in [1.165, 1.54) is 0 Å². The number of nitrogens with zero attached hydrogens (tertiary/aromatic N) is 1. The van der Waals surface area contributed by atoms with E-state index in [0.717, 1.165) is 0 Å². The van der Waals surface area contributed by atoms with Crippen molar-refractivity contribution in [2.45, 2.75) is 19.1 Å². The summed E-state index contributed by atoms with van der Waals surface area (Å²) in [5.74, 6) is -3.50. The van der Waals surface area contributed by atoms with Gasteiger partial charge in [0, 0.05) is 0 Å². The molecule has 102 valence electrons. The first-order valence-electron chi connectivity index (χ1n) is 4.17. The summed E-state index contributed by atoms with van der Waals surface area (Å²) in [6.07, 6.45) is -10.6. The summed E-state index contributed by atoms with van der Waals surface area (Å²) in [6, 6.07) is 0. The third-order valence-electron chi connectivity index (χ3n) is 1.73.